The number of ketones is 1. The van der Waals surface area contributed by atoms with Gasteiger partial charge in [0.2, 0.25) is 0 Å². The minimum absolute atomic E-state index is 0.0170. The van der Waals surface area contributed by atoms with Gasteiger partial charge in [0.25, 0.3) is 0 Å². The maximum atomic E-state index is 11.9. The van der Waals surface area contributed by atoms with Crippen LogP contribution in [-0.4, -0.2) is 10.9 Å². The molecule has 4 rings (SSSR count). The van der Waals surface area contributed by atoms with E-state index in [1.54, 1.807) is 5.92 Å². The standard InChI is InChI=1S/C20H29O2/c1-12-4-6-14-13-5-7-16-18(22)17(21)9-11-20(16,3)15(13)8-10-19(12,14)2/h13-15,22H,4-11H2,1-3H3/t13-,14-,15-,19+,20+/m0/s1. The maximum absolute atomic E-state index is 11.9. The summed E-state index contributed by atoms with van der Waals surface area (Å²) < 4.78 is 0. The normalized spacial score (nSPS) is 48.9. The molecule has 0 aliphatic heterocycles. The Hall–Kier alpha value is -0.790. The van der Waals surface area contributed by atoms with Crippen LogP contribution in [0.3, 0.4) is 0 Å². The second-order valence-corrected chi connectivity index (χ2v) is 8.86. The maximum Gasteiger partial charge on any atom is 0.197 e. The fourth-order valence-electron chi connectivity index (χ4n) is 6.73. The third-order valence-electron chi connectivity index (χ3n) is 8.29. The van der Waals surface area contributed by atoms with E-state index in [4.69, 9.17) is 0 Å². The highest BCUT2D eigenvalue weighted by Crippen LogP contribution is 2.67. The highest BCUT2D eigenvalue weighted by molar-refractivity contribution is 5.95. The second-order valence-electron chi connectivity index (χ2n) is 8.86. The number of carbonyl (C=O) groups excluding carboxylic acids is 1. The number of fused-ring (bicyclic) bond motifs is 5. The molecule has 22 heavy (non-hydrogen) atoms. The van der Waals surface area contributed by atoms with Crippen molar-refractivity contribution in [1.29, 1.82) is 0 Å². The molecule has 5 atom stereocenters. The van der Waals surface area contributed by atoms with E-state index in [0.29, 0.717) is 17.8 Å². The van der Waals surface area contributed by atoms with Gasteiger partial charge in [0.05, 0.1) is 0 Å². The lowest BCUT2D eigenvalue weighted by Gasteiger charge is -2.58. The van der Waals surface area contributed by atoms with Crippen molar-refractivity contribution in [2.45, 2.75) is 72.1 Å². The molecule has 2 heteroatoms. The molecular formula is C20H29O2. The lowest BCUT2D eigenvalue weighted by atomic mass is 9.47. The predicted octanol–water partition coefficient (Wildman–Crippen LogP) is 5.00. The van der Waals surface area contributed by atoms with Crippen LogP contribution in [0.5, 0.6) is 0 Å². The van der Waals surface area contributed by atoms with Crippen molar-refractivity contribution >= 4 is 5.78 Å². The van der Waals surface area contributed by atoms with Crippen molar-refractivity contribution in [3.63, 3.8) is 0 Å². The number of Topliss-reactive ketones (excluding diaryl/α,β-unsaturated/α-hetero) is 1. The molecule has 1 N–H and O–H groups in total. The van der Waals surface area contributed by atoms with E-state index < -0.39 is 0 Å². The summed E-state index contributed by atoms with van der Waals surface area (Å²) in [5.74, 6) is 4.15. The Morgan fingerprint density at radius 1 is 0.955 bits per heavy atom. The molecule has 0 aromatic rings. The highest BCUT2D eigenvalue weighted by Gasteiger charge is 2.58. The second kappa shape index (κ2) is 4.61. The van der Waals surface area contributed by atoms with Crippen molar-refractivity contribution < 1.29 is 9.90 Å². The van der Waals surface area contributed by atoms with E-state index in [1.807, 2.05) is 0 Å². The SMILES string of the molecule is C[C]1CC[C@H]2[C@@H]3CCC4=C(O)C(=O)CC[C@]4(C)[C@H]3CC[C@]12C. The van der Waals surface area contributed by atoms with E-state index in [1.165, 1.54) is 32.1 Å². The molecule has 0 aromatic heterocycles. The van der Waals surface area contributed by atoms with Crippen LogP contribution in [0.2, 0.25) is 0 Å². The topological polar surface area (TPSA) is 37.3 Å². The summed E-state index contributed by atoms with van der Waals surface area (Å²) in [6.45, 7) is 7.23. The lowest BCUT2D eigenvalue weighted by molar-refractivity contribution is -0.121. The molecule has 0 amide bonds. The molecule has 121 valence electrons. The molecule has 0 saturated heterocycles. The van der Waals surface area contributed by atoms with Gasteiger partial charge in [0.1, 0.15) is 0 Å². The van der Waals surface area contributed by atoms with Gasteiger partial charge in [-0.15, -0.1) is 0 Å². The Morgan fingerprint density at radius 2 is 1.68 bits per heavy atom. The predicted molar refractivity (Wildman–Crippen MR) is 87.2 cm³/mol. The number of rotatable bonds is 0. The van der Waals surface area contributed by atoms with Crippen LogP contribution in [-0.2, 0) is 4.79 Å². The smallest absolute Gasteiger partial charge is 0.197 e. The molecule has 4 aliphatic carbocycles. The molecule has 1 radical (unpaired) electrons. The molecule has 4 aliphatic rings. The highest BCUT2D eigenvalue weighted by atomic mass is 16.3. The third kappa shape index (κ3) is 1.70. The van der Waals surface area contributed by atoms with E-state index in [-0.39, 0.29) is 17.0 Å². The summed E-state index contributed by atoms with van der Waals surface area (Å²) in [6.07, 6.45) is 8.89. The van der Waals surface area contributed by atoms with E-state index in [9.17, 15) is 9.90 Å². The van der Waals surface area contributed by atoms with Gasteiger partial charge in [-0.05, 0) is 85.0 Å². The zero-order chi connectivity index (χ0) is 15.7. The molecule has 0 aromatic carbocycles. The van der Waals surface area contributed by atoms with E-state index >= 15 is 0 Å². The molecule has 2 nitrogen and oxygen atoms in total. The Morgan fingerprint density at radius 3 is 2.45 bits per heavy atom. The van der Waals surface area contributed by atoms with Crippen LogP contribution < -0.4 is 0 Å². The Balaban J connectivity index is 1.72. The van der Waals surface area contributed by atoms with Gasteiger partial charge in [-0.1, -0.05) is 20.8 Å². The number of aliphatic hydroxyl groups excluding tert-OH is 1. The molecule has 0 spiro atoms. The van der Waals surface area contributed by atoms with Crippen LogP contribution in [0, 0.1) is 34.5 Å². The summed E-state index contributed by atoms with van der Waals surface area (Å²) in [7, 11) is 0. The van der Waals surface area contributed by atoms with Gasteiger partial charge in [-0.2, -0.15) is 0 Å². The van der Waals surface area contributed by atoms with Gasteiger partial charge < -0.3 is 5.11 Å². The van der Waals surface area contributed by atoms with Crippen molar-refractivity contribution in [2.75, 3.05) is 0 Å². The Kier molecular flexibility index (Phi) is 3.10. The molecule has 3 saturated carbocycles. The Labute approximate surface area is 134 Å². The first-order valence-corrected chi connectivity index (χ1v) is 9.16. The quantitative estimate of drug-likeness (QED) is 0.683. The molecule has 0 unspecified atom stereocenters. The van der Waals surface area contributed by atoms with Crippen LogP contribution in [0.1, 0.15) is 72.1 Å². The fraction of sp³-hybridized carbons (Fsp3) is 0.800. The van der Waals surface area contributed by atoms with Crippen LogP contribution in [0.15, 0.2) is 11.3 Å². The van der Waals surface area contributed by atoms with Crippen LogP contribution in [0.25, 0.3) is 0 Å². The van der Waals surface area contributed by atoms with Crippen molar-refractivity contribution in [2.24, 2.45) is 28.6 Å². The van der Waals surface area contributed by atoms with Gasteiger partial charge in [0.15, 0.2) is 11.5 Å². The van der Waals surface area contributed by atoms with Crippen molar-refractivity contribution in [1.82, 2.24) is 0 Å². The minimum atomic E-state index is -0.0170. The lowest BCUT2D eigenvalue weighted by Crippen LogP contribution is -2.50. The van der Waals surface area contributed by atoms with Crippen LogP contribution in [0.4, 0.5) is 0 Å². The summed E-state index contributed by atoms with van der Waals surface area (Å²) in [5.41, 5.74) is 1.65. The van der Waals surface area contributed by atoms with Gasteiger partial charge in [-0.25, -0.2) is 0 Å². The van der Waals surface area contributed by atoms with Gasteiger partial charge in [0, 0.05) is 6.42 Å². The average molecular weight is 301 g/mol. The summed E-state index contributed by atoms with van der Waals surface area (Å²) in [4.78, 5) is 11.9. The molecule has 0 heterocycles. The summed E-state index contributed by atoms with van der Waals surface area (Å²) in [6, 6.07) is 0. The van der Waals surface area contributed by atoms with E-state index in [0.717, 1.165) is 30.3 Å². The fourth-order valence-corrected chi connectivity index (χ4v) is 6.73. The van der Waals surface area contributed by atoms with Gasteiger partial charge >= 0.3 is 0 Å². The number of carbonyl (C=O) groups is 1. The zero-order valence-corrected chi connectivity index (χ0v) is 14.2. The first-order chi connectivity index (χ1) is 10.4. The van der Waals surface area contributed by atoms with Crippen molar-refractivity contribution in [3.8, 4) is 0 Å². The molecular weight excluding hydrogens is 272 g/mol. The first kappa shape index (κ1) is 14.8. The average Bonchev–Trinajstić information content (AvgIpc) is 2.79. The van der Waals surface area contributed by atoms with Gasteiger partial charge in [-0.3, -0.25) is 4.79 Å². The van der Waals surface area contributed by atoms with Crippen molar-refractivity contribution in [3.05, 3.63) is 17.3 Å². The first-order valence-electron chi connectivity index (χ1n) is 9.16. The number of hydrogen-bond donors (Lipinski definition) is 1. The monoisotopic (exact) mass is 301 g/mol. The molecule has 0 bridgehead atoms. The van der Waals surface area contributed by atoms with Crippen LogP contribution >= 0.6 is 0 Å². The van der Waals surface area contributed by atoms with E-state index in [2.05, 4.69) is 20.8 Å². The summed E-state index contributed by atoms with van der Waals surface area (Å²) in [5, 5.41) is 10.3. The largest absolute Gasteiger partial charge is 0.504 e. The number of aliphatic hydroxyl groups is 1. The Bertz CT molecular complexity index is 548. The number of hydrogen-bond acceptors (Lipinski definition) is 2. The summed E-state index contributed by atoms with van der Waals surface area (Å²) >= 11 is 0. The zero-order valence-electron chi connectivity index (χ0n) is 14.2. The minimum Gasteiger partial charge on any atom is -0.504 e. The third-order valence-corrected chi connectivity index (χ3v) is 8.29. The molecule has 3 fully saturated rings. The number of allylic oxidation sites excluding steroid dienone is 1.